The highest BCUT2D eigenvalue weighted by Crippen LogP contribution is 2.25. The minimum atomic E-state index is -0.584. The Kier molecular flexibility index (Phi) is 10.2. The summed E-state index contributed by atoms with van der Waals surface area (Å²) < 4.78 is 18.9. The number of carbonyl (C=O) groups is 2. The molecule has 1 saturated heterocycles. The summed E-state index contributed by atoms with van der Waals surface area (Å²) in [7, 11) is 0. The van der Waals surface area contributed by atoms with Crippen molar-refractivity contribution in [3.8, 4) is 0 Å². The van der Waals surface area contributed by atoms with Crippen LogP contribution in [0.2, 0.25) is 5.02 Å². The Balaban J connectivity index is 1.58. The zero-order valence-electron chi connectivity index (χ0n) is 22.1. The van der Waals surface area contributed by atoms with Crippen LogP contribution < -0.4 is 0 Å². The molecule has 0 saturated carbocycles. The molecule has 2 heterocycles. The van der Waals surface area contributed by atoms with E-state index < -0.39 is 10.8 Å². The monoisotopic (exact) mass is 588 g/mol. The predicted molar refractivity (Wildman–Crippen MR) is 151 cm³/mol. The summed E-state index contributed by atoms with van der Waals surface area (Å²) in [6.45, 7) is 5.70. The van der Waals surface area contributed by atoms with Crippen LogP contribution >= 0.6 is 22.9 Å². The molecule has 0 bridgehead atoms. The van der Waals surface area contributed by atoms with Gasteiger partial charge in [-0.2, -0.15) is 0 Å². The quantitative estimate of drug-likeness (QED) is 0.237. The van der Waals surface area contributed by atoms with Crippen molar-refractivity contribution in [3.05, 3.63) is 96.4 Å². The number of non-ortho nitro benzene ring substituents is 1. The molecule has 12 heteroatoms. The van der Waals surface area contributed by atoms with E-state index in [2.05, 4.69) is 4.90 Å². The lowest BCUT2D eigenvalue weighted by molar-refractivity contribution is -0.384. The number of morpholine rings is 1. The fraction of sp³-hybridized carbons (Fsp3) is 0.357. The molecule has 1 aromatic heterocycles. The first kappa shape index (κ1) is 29.6. The van der Waals surface area contributed by atoms with Crippen molar-refractivity contribution >= 4 is 40.4 Å². The molecule has 0 unspecified atom stereocenters. The Morgan fingerprint density at radius 1 is 1.10 bits per heavy atom. The number of amides is 2. The Hall–Kier alpha value is -3.38. The third-order valence-electron chi connectivity index (χ3n) is 6.74. The minimum absolute atomic E-state index is 0.0552. The Bertz CT molecular complexity index is 1350. The van der Waals surface area contributed by atoms with Gasteiger partial charge >= 0.3 is 0 Å². The van der Waals surface area contributed by atoms with Crippen molar-refractivity contribution in [3.63, 3.8) is 0 Å². The molecule has 0 N–H and O–H groups in total. The van der Waals surface area contributed by atoms with Crippen molar-refractivity contribution in [1.82, 2.24) is 14.7 Å². The van der Waals surface area contributed by atoms with Gasteiger partial charge < -0.3 is 14.5 Å². The molecule has 1 aliphatic rings. The van der Waals surface area contributed by atoms with Gasteiger partial charge in [0.25, 0.3) is 11.6 Å². The van der Waals surface area contributed by atoms with Crippen LogP contribution in [0.1, 0.15) is 26.4 Å². The Morgan fingerprint density at radius 2 is 1.82 bits per heavy atom. The summed E-state index contributed by atoms with van der Waals surface area (Å²) in [4.78, 5) is 44.3. The van der Waals surface area contributed by atoms with Gasteiger partial charge in [-0.15, -0.1) is 11.3 Å². The van der Waals surface area contributed by atoms with Crippen molar-refractivity contribution in [2.45, 2.75) is 20.0 Å². The van der Waals surface area contributed by atoms with Crippen LogP contribution in [0.3, 0.4) is 0 Å². The summed E-state index contributed by atoms with van der Waals surface area (Å²) in [5.74, 6) is -1.14. The maximum Gasteiger partial charge on any atom is 0.270 e. The van der Waals surface area contributed by atoms with E-state index >= 15 is 0 Å². The SMILES string of the molecule is Cc1ccsc1CN(Cc1ccc(F)cc1)C(=O)CN(CCN1CCOCC1)C(=O)c1ccc([N+](=O)[O-])cc1Cl. The average molecular weight is 589 g/mol. The minimum Gasteiger partial charge on any atom is -0.379 e. The number of benzene rings is 2. The lowest BCUT2D eigenvalue weighted by Crippen LogP contribution is -2.47. The second-order valence-corrected chi connectivity index (χ2v) is 10.9. The van der Waals surface area contributed by atoms with Gasteiger partial charge in [-0.1, -0.05) is 23.7 Å². The fourth-order valence-electron chi connectivity index (χ4n) is 4.35. The van der Waals surface area contributed by atoms with Crippen LogP contribution in [0.5, 0.6) is 0 Å². The van der Waals surface area contributed by atoms with E-state index in [1.165, 1.54) is 40.5 Å². The number of rotatable bonds is 11. The number of nitrogens with zero attached hydrogens (tertiary/aromatic N) is 4. The number of thiophene rings is 1. The second kappa shape index (κ2) is 13.8. The second-order valence-electron chi connectivity index (χ2n) is 9.51. The first-order valence-electron chi connectivity index (χ1n) is 12.8. The van der Waals surface area contributed by atoms with E-state index in [0.29, 0.717) is 39.4 Å². The number of aryl methyl sites for hydroxylation is 1. The molecule has 9 nitrogen and oxygen atoms in total. The molecule has 2 amide bonds. The molecule has 4 rings (SSSR count). The zero-order valence-corrected chi connectivity index (χ0v) is 23.6. The van der Waals surface area contributed by atoms with Crippen LogP contribution in [-0.4, -0.2) is 77.4 Å². The fourth-order valence-corrected chi connectivity index (χ4v) is 5.52. The average Bonchev–Trinajstić information content (AvgIpc) is 3.35. The molecule has 1 aliphatic heterocycles. The van der Waals surface area contributed by atoms with Gasteiger partial charge in [0, 0.05) is 49.7 Å². The number of hydrogen-bond acceptors (Lipinski definition) is 7. The van der Waals surface area contributed by atoms with Crippen molar-refractivity contribution in [2.75, 3.05) is 45.9 Å². The molecule has 0 radical (unpaired) electrons. The molecule has 40 heavy (non-hydrogen) atoms. The molecular weight excluding hydrogens is 559 g/mol. The maximum atomic E-state index is 13.8. The third kappa shape index (κ3) is 7.85. The standard InChI is InChI=1S/C28H30ClFN4O5S/c1-20-8-15-40-26(20)18-33(17-21-2-4-22(30)5-3-21)27(35)19-32(10-9-31-11-13-39-14-12-31)28(36)24-7-6-23(34(37)38)16-25(24)29/h2-8,15-16H,9-14,17-19H2,1H3. The van der Waals surface area contributed by atoms with Gasteiger partial charge in [-0.05, 0) is 47.7 Å². The summed E-state index contributed by atoms with van der Waals surface area (Å²) >= 11 is 7.83. The molecule has 0 aliphatic carbocycles. The number of hydrogen-bond donors (Lipinski definition) is 0. The lowest BCUT2D eigenvalue weighted by Gasteiger charge is -2.31. The van der Waals surface area contributed by atoms with Crippen LogP contribution in [0.25, 0.3) is 0 Å². The normalized spacial score (nSPS) is 13.7. The third-order valence-corrected chi connectivity index (χ3v) is 8.06. The molecule has 1 fully saturated rings. The first-order chi connectivity index (χ1) is 19.2. The van der Waals surface area contributed by atoms with Gasteiger partial charge in [0.15, 0.2) is 0 Å². The van der Waals surface area contributed by atoms with E-state index in [-0.39, 0.29) is 47.6 Å². The number of nitro benzene ring substituents is 1. The van der Waals surface area contributed by atoms with Gasteiger partial charge in [0.1, 0.15) is 12.4 Å². The zero-order chi connectivity index (χ0) is 28.6. The summed E-state index contributed by atoms with van der Waals surface area (Å²) in [5, 5.41) is 13.1. The first-order valence-corrected chi connectivity index (χ1v) is 14.1. The molecular formula is C28H30ClFN4O5S. The van der Waals surface area contributed by atoms with E-state index in [9.17, 15) is 24.1 Å². The molecule has 3 aromatic rings. The molecule has 212 valence electrons. The lowest BCUT2D eigenvalue weighted by atomic mass is 10.1. The number of halogens is 2. The van der Waals surface area contributed by atoms with Crippen molar-refractivity contribution in [2.24, 2.45) is 0 Å². The van der Waals surface area contributed by atoms with Gasteiger partial charge in [-0.3, -0.25) is 24.6 Å². The Morgan fingerprint density at radius 3 is 2.45 bits per heavy atom. The topological polar surface area (TPSA) is 96.2 Å². The molecule has 2 aromatic carbocycles. The van der Waals surface area contributed by atoms with Crippen LogP contribution in [0, 0.1) is 22.9 Å². The molecule has 0 atom stereocenters. The van der Waals surface area contributed by atoms with E-state index in [1.807, 2.05) is 18.4 Å². The van der Waals surface area contributed by atoms with Crippen LogP contribution in [-0.2, 0) is 22.6 Å². The van der Waals surface area contributed by atoms with Gasteiger partial charge in [0.2, 0.25) is 5.91 Å². The largest absolute Gasteiger partial charge is 0.379 e. The van der Waals surface area contributed by atoms with Crippen LogP contribution in [0.15, 0.2) is 53.9 Å². The van der Waals surface area contributed by atoms with Gasteiger partial charge in [0.05, 0.1) is 35.3 Å². The highest BCUT2D eigenvalue weighted by atomic mass is 35.5. The summed E-state index contributed by atoms with van der Waals surface area (Å²) in [5.41, 5.74) is 1.67. The van der Waals surface area contributed by atoms with E-state index in [1.54, 1.807) is 17.0 Å². The highest BCUT2D eigenvalue weighted by molar-refractivity contribution is 7.10. The number of ether oxygens (including phenoxy) is 1. The van der Waals surface area contributed by atoms with Crippen molar-refractivity contribution < 1.29 is 23.6 Å². The Labute approximate surface area is 240 Å². The van der Waals surface area contributed by atoms with E-state index in [4.69, 9.17) is 16.3 Å². The van der Waals surface area contributed by atoms with E-state index in [0.717, 1.165) is 22.1 Å². The van der Waals surface area contributed by atoms with Crippen molar-refractivity contribution in [1.29, 1.82) is 0 Å². The highest BCUT2D eigenvalue weighted by Gasteiger charge is 2.26. The maximum absolute atomic E-state index is 13.8. The summed E-state index contributed by atoms with van der Waals surface area (Å²) in [6, 6.07) is 11.6. The molecule has 0 spiro atoms. The van der Waals surface area contributed by atoms with Crippen LogP contribution in [0.4, 0.5) is 10.1 Å². The smallest absolute Gasteiger partial charge is 0.270 e. The number of carbonyl (C=O) groups excluding carboxylic acids is 2. The predicted octanol–water partition coefficient (Wildman–Crippen LogP) is 4.76. The number of nitro groups is 1. The van der Waals surface area contributed by atoms with Gasteiger partial charge in [-0.25, -0.2) is 4.39 Å². The summed E-state index contributed by atoms with van der Waals surface area (Å²) in [6.07, 6.45) is 0.